The second kappa shape index (κ2) is 6.93. The highest BCUT2D eigenvalue weighted by Crippen LogP contribution is 2.40. The molecule has 1 saturated carbocycles. The van der Waals surface area contributed by atoms with Crippen LogP contribution in [0.1, 0.15) is 45.9 Å². The molecular formula is C22H19F3N2O. The maximum atomic E-state index is 13.1. The lowest BCUT2D eigenvalue weighted by molar-refractivity contribution is -0.137. The average molecular weight is 384 g/mol. The van der Waals surface area contributed by atoms with Crippen LogP contribution in [0.5, 0.6) is 0 Å². The Hall–Kier alpha value is -2.89. The highest BCUT2D eigenvalue weighted by atomic mass is 19.4. The van der Waals surface area contributed by atoms with Crippen molar-refractivity contribution < 1.29 is 18.0 Å². The monoisotopic (exact) mass is 384 g/mol. The maximum Gasteiger partial charge on any atom is 0.416 e. The average Bonchev–Trinajstić information content (AvgIpc) is 3.51. The molecule has 2 aromatic carbocycles. The van der Waals surface area contributed by atoms with Crippen LogP contribution < -0.4 is 0 Å². The van der Waals surface area contributed by atoms with E-state index in [9.17, 15) is 18.0 Å². The molecule has 1 aliphatic carbocycles. The molecule has 3 nitrogen and oxygen atoms in total. The van der Waals surface area contributed by atoms with Crippen molar-refractivity contribution in [1.82, 2.24) is 9.88 Å². The number of hydrogen-bond donors (Lipinski definition) is 0. The smallest absolute Gasteiger partial charge is 0.337 e. The van der Waals surface area contributed by atoms with E-state index in [1.807, 2.05) is 30.3 Å². The van der Waals surface area contributed by atoms with Gasteiger partial charge in [0.15, 0.2) is 0 Å². The molecule has 0 saturated heterocycles. The summed E-state index contributed by atoms with van der Waals surface area (Å²) in [5, 5.41) is 0.788. The summed E-state index contributed by atoms with van der Waals surface area (Å²) in [4.78, 5) is 19.3. The SMILES string of the molecule is CN(Cc1ccc(C(F)(F)F)cc1)C(=O)c1cc(C2CC2)nc2ccccc12. The Balaban J connectivity index is 1.60. The van der Waals surface area contributed by atoms with Gasteiger partial charge in [-0.05, 0) is 42.7 Å². The van der Waals surface area contributed by atoms with E-state index < -0.39 is 11.7 Å². The van der Waals surface area contributed by atoms with Crippen molar-refractivity contribution in [2.75, 3.05) is 7.05 Å². The zero-order valence-corrected chi connectivity index (χ0v) is 15.3. The third-order valence-electron chi connectivity index (χ3n) is 5.01. The predicted octanol–water partition coefficient (Wildman–Crippen LogP) is 5.40. The number of carbonyl (C=O) groups excluding carboxylic acids is 1. The fourth-order valence-electron chi connectivity index (χ4n) is 3.31. The van der Waals surface area contributed by atoms with Gasteiger partial charge < -0.3 is 4.90 Å². The van der Waals surface area contributed by atoms with Crippen molar-refractivity contribution in [1.29, 1.82) is 0 Å². The van der Waals surface area contributed by atoms with E-state index in [-0.39, 0.29) is 12.5 Å². The van der Waals surface area contributed by atoms with E-state index in [2.05, 4.69) is 4.98 Å². The Labute approximate surface area is 160 Å². The molecule has 0 radical (unpaired) electrons. The van der Waals surface area contributed by atoms with Gasteiger partial charge >= 0.3 is 6.18 Å². The fourth-order valence-corrected chi connectivity index (χ4v) is 3.31. The summed E-state index contributed by atoms with van der Waals surface area (Å²) in [7, 11) is 1.66. The van der Waals surface area contributed by atoms with Crippen molar-refractivity contribution in [3.63, 3.8) is 0 Å². The molecule has 1 heterocycles. The molecule has 0 unspecified atom stereocenters. The maximum absolute atomic E-state index is 13.1. The standard InChI is InChI=1S/C22H19F3N2O/c1-27(13-14-6-10-16(11-7-14)22(23,24)25)21(28)18-12-20(15-8-9-15)26-19-5-3-2-4-17(18)19/h2-7,10-12,15H,8-9,13H2,1H3. The number of carbonyl (C=O) groups is 1. The molecule has 0 atom stereocenters. The normalized spacial score (nSPS) is 14.3. The van der Waals surface area contributed by atoms with E-state index in [0.29, 0.717) is 17.0 Å². The van der Waals surface area contributed by atoms with Crippen LogP contribution in [-0.4, -0.2) is 22.8 Å². The number of para-hydroxylation sites is 1. The minimum Gasteiger partial charge on any atom is -0.337 e. The van der Waals surface area contributed by atoms with Crippen molar-refractivity contribution in [3.8, 4) is 0 Å². The fraction of sp³-hybridized carbons (Fsp3) is 0.273. The molecule has 4 rings (SSSR count). The highest BCUT2D eigenvalue weighted by molar-refractivity contribution is 6.06. The molecule has 0 spiro atoms. The summed E-state index contributed by atoms with van der Waals surface area (Å²) in [6, 6.07) is 14.3. The number of nitrogens with zero attached hydrogens (tertiary/aromatic N) is 2. The molecular weight excluding hydrogens is 365 g/mol. The molecule has 0 aliphatic heterocycles. The lowest BCUT2D eigenvalue weighted by atomic mass is 10.0. The Morgan fingerprint density at radius 3 is 2.43 bits per heavy atom. The van der Waals surface area contributed by atoms with Crippen LogP contribution >= 0.6 is 0 Å². The van der Waals surface area contributed by atoms with Crippen molar-refractivity contribution in [3.05, 3.63) is 77.0 Å². The Morgan fingerprint density at radius 2 is 1.79 bits per heavy atom. The number of fused-ring (bicyclic) bond motifs is 1. The molecule has 1 fully saturated rings. The van der Waals surface area contributed by atoms with Gasteiger partial charge in [-0.3, -0.25) is 9.78 Å². The lowest BCUT2D eigenvalue weighted by Crippen LogP contribution is -2.26. The van der Waals surface area contributed by atoms with Gasteiger partial charge in [0.25, 0.3) is 5.91 Å². The van der Waals surface area contributed by atoms with Crippen LogP contribution in [-0.2, 0) is 12.7 Å². The summed E-state index contributed by atoms with van der Waals surface area (Å²) < 4.78 is 38.2. The number of aromatic nitrogens is 1. The van der Waals surface area contributed by atoms with Crippen LogP contribution in [0.3, 0.4) is 0 Å². The van der Waals surface area contributed by atoms with Crippen LogP contribution in [0.2, 0.25) is 0 Å². The molecule has 28 heavy (non-hydrogen) atoms. The van der Waals surface area contributed by atoms with Gasteiger partial charge in [-0.1, -0.05) is 30.3 Å². The van der Waals surface area contributed by atoms with Crippen LogP contribution in [0.15, 0.2) is 54.6 Å². The first kappa shape index (κ1) is 18.5. The molecule has 0 N–H and O–H groups in total. The number of benzene rings is 2. The first-order chi connectivity index (χ1) is 13.3. The van der Waals surface area contributed by atoms with Crippen LogP contribution in [0.25, 0.3) is 10.9 Å². The van der Waals surface area contributed by atoms with Gasteiger partial charge in [0.05, 0.1) is 16.6 Å². The molecule has 0 bridgehead atoms. The van der Waals surface area contributed by atoms with Gasteiger partial charge in [-0.15, -0.1) is 0 Å². The summed E-state index contributed by atoms with van der Waals surface area (Å²) in [5.41, 5.74) is 2.26. The Bertz CT molecular complexity index is 1020. The van der Waals surface area contributed by atoms with Gasteiger partial charge in [0.2, 0.25) is 0 Å². The second-order valence-electron chi connectivity index (χ2n) is 7.24. The summed E-state index contributed by atoms with van der Waals surface area (Å²) in [5.74, 6) is 0.247. The van der Waals surface area contributed by atoms with Crippen molar-refractivity contribution >= 4 is 16.8 Å². The third-order valence-corrected chi connectivity index (χ3v) is 5.01. The number of halogens is 3. The van der Waals surface area contributed by atoms with Crippen molar-refractivity contribution in [2.45, 2.75) is 31.5 Å². The van der Waals surface area contributed by atoms with Gasteiger partial charge in [-0.2, -0.15) is 13.2 Å². The molecule has 1 aliphatic rings. The minimum absolute atomic E-state index is 0.166. The quantitative estimate of drug-likeness (QED) is 0.603. The highest BCUT2D eigenvalue weighted by Gasteiger charge is 2.30. The first-order valence-electron chi connectivity index (χ1n) is 9.14. The Morgan fingerprint density at radius 1 is 1.11 bits per heavy atom. The summed E-state index contributed by atoms with van der Waals surface area (Å²) in [6.07, 6.45) is -2.20. The second-order valence-corrected chi connectivity index (χ2v) is 7.24. The largest absolute Gasteiger partial charge is 0.416 e. The number of amides is 1. The molecule has 6 heteroatoms. The van der Waals surface area contributed by atoms with Gasteiger partial charge in [-0.25, -0.2) is 0 Å². The minimum atomic E-state index is -4.37. The summed E-state index contributed by atoms with van der Waals surface area (Å²) >= 11 is 0. The van der Waals surface area contributed by atoms with E-state index in [0.717, 1.165) is 41.6 Å². The van der Waals surface area contributed by atoms with E-state index in [4.69, 9.17) is 0 Å². The van der Waals surface area contributed by atoms with E-state index in [1.54, 1.807) is 7.05 Å². The number of hydrogen-bond acceptors (Lipinski definition) is 2. The number of rotatable bonds is 4. The zero-order chi connectivity index (χ0) is 19.9. The molecule has 1 amide bonds. The zero-order valence-electron chi connectivity index (χ0n) is 15.3. The topological polar surface area (TPSA) is 33.2 Å². The van der Waals surface area contributed by atoms with E-state index in [1.165, 1.54) is 17.0 Å². The van der Waals surface area contributed by atoms with Gasteiger partial charge in [0.1, 0.15) is 0 Å². The predicted molar refractivity (Wildman–Crippen MR) is 101 cm³/mol. The van der Waals surface area contributed by atoms with Crippen LogP contribution in [0, 0.1) is 0 Å². The van der Waals surface area contributed by atoms with Gasteiger partial charge in [0, 0.05) is 30.6 Å². The molecule has 144 valence electrons. The van der Waals surface area contributed by atoms with E-state index >= 15 is 0 Å². The Kier molecular flexibility index (Phi) is 4.57. The van der Waals surface area contributed by atoms with Crippen molar-refractivity contribution in [2.24, 2.45) is 0 Å². The lowest BCUT2D eigenvalue weighted by Gasteiger charge is -2.19. The number of pyridine rings is 1. The third kappa shape index (κ3) is 3.72. The molecule has 1 aromatic heterocycles. The summed E-state index contributed by atoms with van der Waals surface area (Å²) in [6.45, 7) is 0.229. The van der Waals surface area contributed by atoms with Crippen LogP contribution in [0.4, 0.5) is 13.2 Å². The first-order valence-corrected chi connectivity index (χ1v) is 9.14. The molecule has 3 aromatic rings. The number of alkyl halides is 3.